The zero-order chi connectivity index (χ0) is 25.2. The van der Waals surface area contributed by atoms with E-state index in [-0.39, 0.29) is 17.1 Å². The summed E-state index contributed by atoms with van der Waals surface area (Å²) in [7, 11) is 3.08. The summed E-state index contributed by atoms with van der Waals surface area (Å²) in [6, 6.07) is 5.16. The van der Waals surface area contributed by atoms with E-state index in [1.807, 2.05) is 22.7 Å². The average Bonchev–Trinajstić information content (AvgIpc) is 3.42. The molecule has 3 aromatic heterocycles. The first-order valence-electron chi connectivity index (χ1n) is 10.9. The predicted octanol–water partition coefficient (Wildman–Crippen LogP) is 5.36. The van der Waals surface area contributed by atoms with Crippen LogP contribution in [0.15, 0.2) is 52.8 Å². The number of anilines is 1. The van der Waals surface area contributed by atoms with Crippen LogP contribution in [-0.2, 0) is 6.54 Å². The van der Waals surface area contributed by atoms with E-state index in [4.69, 9.17) is 14.6 Å². The molecule has 0 saturated carbocycles. The Balaban J connectivity index is 1.71. The number of aliphatic hydroxyl groups excluding tert-OH is 1. The van der Waals surface area contributed by atoms with Gasteiger partial charge < -0.3 is 19.3 Å². The van der Waals surface area contributed by atoms with E-state index in [0.717, 1.165) is 21.2 Å². The maximum atomic E-state index is 15.1. The van der Waals surface area contributed by atoms with Gasteiger partial charge in [0.2, 0.25) is 0 Å². The molecule has 3 heterocycles. The van der Waals surface area contributed by atoms with Crippen molar-refractivity contribution in [2.75, 3.05) is 25.5 Å². The molecule has 0 aliphatic heterocycles. The molecule has 8 nitrogen and oxygen atoms in total. The molecule has 0 bridgehead atoms. The number of rotatable bonds is 9. The van der Waals surface area contributed by atoms with E-state index >= 15 is 4.39 Å². The molecule has 11 heteroatoms. The zero-order valence-electron chi connectivity index (χ0n) is 20.2. The predicted molar refractivity (Wildman–Crippen MR) is 138 cm³/mol. The first kappa shape index (κ1) is 25.2. The van der Waals surface area contributed by atoms with E-state index in [9.17, 15) is 0 Å². The molecule has 0 fully saturated rings. The minimum atomic E-state index is -0.489. The Hall–Kier alpha value is -2.89. The van der Waals surface area contributed by atoms with E-state index in [0.29, 0.717) is 23.4 Å². The number of methoxy groups -OCH3 is 2. The summed E-state index contributed by atoms with van der Waals surface area (Å²) in [5.74, 6) is 0.372. The number of aliphatic hydroxyl groups is 1. The molecular formula is C24H28FN5O3S2. The molecule has 186 valence electrons. The number of hydrogen-bond acceptors (Lipinski definition) is 8. The second-order valence-electron chi connectivity index (χ2n) is 8.70. The van der Waals surface area contributed by atoms with Gasteiger partial charge in [0.1, 0.15) is 11.4 Å². The maximum Gasteiger partial charge on any atom is 0.178 e. The third-order valence-corrected chi connectivity index (χ3v) is 6.88. The largest absolute Gasteiger partial charge is 0.495 e. The van der Waals surface area contributed by atoms with Crippen LogP contribution in [0.25, 0.3) is 16.9 Å². The molecule has 0 radical (unpaired) electrons. The fourth-order valence-electron chi connectivity index (χ4n) is 3.53. The lowest BCUT2D eigenvalue weighted by molar-refractivity contribution is 0.269. The number of benzene rings is 1. The summed E-state index contributed by atoms with van der Waals surface area (Å²) < 4.78 is 32.7. The Bertz CT molecular complexity index is 1330. The van der Waals surface area contributed by atoms with Gasteiger partial charge in [-0.2, -0.15) is 5.10 Å². The Morgan fingerprint density at radius 1 is 1.11 bits per heavy atom. The summed E-state index contributed by atoms with van der Waals surface area (Å²) in [6.45, 7) is 6.82. The lowest BCUT2D eigenvalue weighted by atomic mass is 10.1. The van der Waals surface area contributed by atoms with Gasteiger partial charge in [-0.05, 0) is 24.1 Å². The summed E-state index contributed by atoms with van der Waals surface area (Å²) >= 11 is 2.97. The molecule has 0 atom stereocenters. The van der Waals surface area contributed by atoms with Crippen LogP contribution in [0, 0.1) is 5.82 Å². The van der Waals surface area contributed by atoms with Gasteiger partial charge in [0.25, 0.3) is 0 Å². The molecule has 0 aliphatic rings. The molecule has 0 unspecified atom stereocenters. The van der Waals surface area contributed by atoms with Gasteiger partial charge in [-0.1, -0.05) is 20.8 Å². The van der Waals surface area contributed by atoms with Gasteiger partial charge >= 0.3 is 0 Å². The highest BCUT2D eigenvalue weighted by molar-refractivity contribution is 8.00. The van der Waals surface area contributed by atoms with Crippen molar-refractivity contribution in [2.45, 2.75) is 41.9 Å². The quantitative estimate of drug-likeness (QED) is 0.227. The Labute approximate surface area is 212 Å². The second-order valence-corrected chi connectivity index (χ2v) is 11.4. The lowest BCUT2D eigenvalue weighted by Crippen LogP contribution is -2.07. The van der Waals surface area contributed by atoms with Crippen molar-refractivity contribution in [3.8, 4) is 22.8 Å². The van der Waals surface area contributed by atoms with Crippen molar-refractivity contribution in [2.24, 2.45) is 0 Å². The molecule has 0 aliphatic carbocycles. The molecule has 1 aromatic carbocycles. The zero-order valence-corrected chi connectivity index (χ0v) is 21.8. The van der Waals surface area contributed by atoms with Crippen molar-refractivity contribution in [1.29, 1.82) is 0 Å². The molecule has 4 aromatic rings. The van der Waals surface area contributed by atoms with Crippen LogP contribution >= 0.6 is 23.7 Å². The SMILES string of the molecule is COc1cc2ncc(-c3cc(F)c(OC)c(NSc4cnn(CCO)c4)c3)n2cc1SC(C)(C)C. The third-order valence-electron chi connectivity index (χ3n) is 4.97. The molecule has 2 N–H and O–H groups in total. The molecular weight excluding hydrogens is 489 g/mol. The summed E-state index contributed by atoms with van der Waals surface area (Å²) in [5, 5.41) is 13.3. The van der Waals surface area contributed by atoms with Crippen LogP contribution in [0.4, 0.5) is 10.1 Å². The maximum absolute atomic E-state index is 15.1. The Morgan fingerprint density at radius 2 is 1.91 bits per heavy atom. The lowest BCUT2D eigenvalue weighted by Gasteiger charge is -2.20. The molecule has 0 saturated heterocycles. The average molecular weight is 518 g/mol. The number of nitrogens with one attached hydrogen (secondary N) is 1. The van der Waals surface area contributed by atoms with Crippen LogP contribution in [-0.4, -0.2) is 49.8 Å². The van der Waals surface area contributed by atoms with Crippen LogP contribution in [0.5, 0.6) is 11.5 Å². The number of pyridine rings is 1. The number of halogens is 1. The van der Waals surface area contributed by atoms with Crippen molar-refractivity contribution in [1.82, 2.24) is 19.2 Å². The van der Waals surface area contributed by atoms with Gasteiger partial charge in [-0.3, -0.25) is 9.08 Å². The first-order chi connectivity index (χ1) is 16.7. The molecule has 4 rings (SSSR count). The number of fused-ring (bicyclic) bond motifs is 1. The highest BCUT2D eigenvalue weighted by atomic mass is 32.2. The van der Waals surface area contributed by atoms with Gasteiger partial charge in [0, 0.05) is 28.8 Å². The van der Waals surface area contributed by atoms with Crippen LogP contribution in [0.3, 0.4) is 0 Å². The van der Waals surface area contributed by atoms with Gasteiger partial charge in [-0.25, -0.2) is 9.37 Å². The highest BCUT2D eigenvalue weighted by Gasteiger charge is 2.20. The number of aromatic nitrogens is 4. The van der Waals surface area contributed by atoms with Crippen LogP contribution in [0.1, 0.15) is 20.8 Å². The van der Waals surface area contributed by atoms with Crippen molar-refractivity contribution in [3.63, 3.8) is 0 Å². The fraction of sp³-hybridized carbons (Fsp3) is 0.333. The van der Waals surface area contributed by atoms with Crippen molar-refractivity contribution in [3.05, 3.63) is 48.8 Å². The van der Waals surface area contributed by atoms with Crippen LogP contribution in [0.2, 0.25) is 0 Å². The van der Waals surface area contributed by atoms with E-state index in [1.165, 1.54) is 25.1 Å². The summed E-state index contributed by atoms with van der Waals surface area (Å²) in [6.07, 6.45) is 7.17. The van der Waals surface area contributed by atoms with Gasteiger partial charge in [-0.15, -0.1) is 11.8 Å². The monoisotopic (exact) mass is 517 g/mol. The number of thioether (sulfide) groups is 1. The Kier molecular flexibility index (Phi) is 7.48. The second kappa shape index (κ2) is 10.4. The van der Waals surface area contributed by atoms with E-state index < -0.39 is 5.82 Å². The number of ether oxygens (including phenoxy) is 2. The summed E-state index contributed by atoms with van der Waals surface area (Å²) in [5.41, 5.74) is 2.57. The minimum absolute atomic E-state index is 0.00144. The number of imidazole rings is 1. The first-order valence-corrected chi connectivity index (χ1v) is 12.5. The number of hydrogen-bond donors (Lipinski definition) is 2. The topological polar surface area (TPSA) is 85.8 Å². The van der Waals surface area contributed by atoms with Gasteiger partial charge in [0.15, 0.2) is 11.6 Å². The van der Waals surface area contributed by atoms with E-state index in [2.05, 4.69) is 35.6 Å². The van der Waals surface area contributed by atoms with E-state index in [1.54, 1.807) is 42.1 Å². The van der Waals surface area contributed by atoms with Crippen LogP contribution < -0.4 is 14.2 Å². The molecule has 35 heavy (non-hydrogen) atoms. The third kappa shape index (κ3) is 5.68. The molecule has 0 spiro atoms. The van der Waals surface area contributed by atoms with Gasteiger partial charge in [0.05, 0.1) is 60.9 Å². The smallest absolute Gasteiger partial charge is 0.178 e. The minimum Gasteiger partial charge on any atom is -0.495 e. The highest BCUT2D eigenvalue weighted by Crippen LogP contribution is 2.40. The molecule has 0 amide bonds. The standard InChI is InChI=1S/C24H28FN5O3S2/c1-24(2,3)34-21-14-30-19(12-26-22(30)10-20(21)32-4)15-8-17(25)23(33-5)18(9-15)28-35-16-11-27-29(13-16)6-7-31/h8-14,28,31H,6-7H2,1-5H3. The van der Waals surface area contributed by atoms with Crippen molar-refractivity contribution < 1.29 is 19.0 Å². The normalized spacial score (nSPS) is 11.7. The fourth-order valence-corrected chi connectivity index (χ4v) is 5.24. The summed E-state index contributed by atoms with van der Waals surface area (Å²) in [4.78, 5) is 6.30. The Morgan fingerprint density at radius 3 is 2.60 bits per heavy atom. The number of nitrogens with zero attached hydrogens (tertiary/aromatic N) is 4. The van der Waals surface area contributed by atoms with Crippen molar-refractivity contribution >= 4 is 35.0 Å².